The van der Waals surface area contributed by atoms with Gasteiger partial charge in [-0.15, -0.1) is 6.58 Å². The van der Waals surface area contributed by atoms with Gasteiger partial charge in [0.15, 0.2) is 0 Å². The molecule has 0 aliphatic heterocycles. The lowest BCUT2D eigenvalue weighted by Gasteiger charge is -2.29. The molecule has 126 valence electrons. The second-order valence-corrected chi connectivity index (χ2v) is 6.84. The first-order valence-corrected chi connectivity index (χ1v) is 8.87. The van der Waals surface area contributed by atoms with Crippen molar-refractivity contribution >= 4 is 0 Å². The van der Waals surface area contributed by atoms with Crippen LogP contribution < -0.4 is 5.32 Å². The van der Waals surface area contributed by atoms with E-state index < -0.39 is 0 Å². The van der Waals surface area contributed by atoms with Crippen molar-refractivity contribution in [2.45, 2.75) is 44.4 Å². The molecule has 2 aromatic rings. The number of hydrogen-bond acceptors (Lipinski definition) is 2. The van der Waals surface area contributed by atoms with Gasteiger partial charge in [-0.05, 0) is 35.4 Å². The third-order valence-corrected chi connectivity index (χ3v) is 5.19. The molecule has 1 aliphatic rings. The lowest BCUT2D eigenvalue weighted by atomic mass is 9.93. The van der Waals surface area contributed by atoms with E-state index >= 15 is 0 Å². The summed E-state index contributed by atoms with van der Waals surface area (Å²) in [5, 5.41) is 14.2. The van der Waals surface area contributed by atoms with Crippen LogP contribution in [0.3, 0.4) is 0 Å². The Balaban J connectivity index is 1.71. The third kappa shape index (κ3) is 3.77. The van der Waals surface area contributed by atoms with E-state index in [4.69, 9.17) is 0 Å². The van der Waals surface area contributed by atoms with Crippen LogP contribution in [0.5, 0.6) is 0 Å². The number of benzene rings is 2. The highest BCUT2D eigenvalue weighted by Gasteiger charge is 2.32. The van der Waals surface area contributed by atoms with Gasteiger partial charge in [0.2, 0.25) is 0 Å². The van der Waals surface area contributed by atoms with E-state index in [9.17, 15) is 5.11 Å². The molecule has 0 heterocycles. The van der Waals surface area contributed by atoms with Gasteiger partial charge in [-0.2, -0.15) is 0 Å². The van der Waals surface area contributed by atoms with Gasteiger partial charge in [0.1, 0.15) is 0 Å². The Morgan fingerprint density at radius 1 is 1.17 bits per heavy atom. The van der Waals surface area contributed by atoms with Crippen molar-refractivity contribution in [2.75, 3.05) is 0 Å². The number of aliphatic hydroxyl groups excluding tert-OH is 1. The smallest absolute Gasteiger partial charge is 0.0775 e. The minimum absolute atomic E-state index is 0.0179. The van der Waals surface area contributed by atoms with Crippen molar-refractivity contribution in [1.29, 1.82) is 0 Å². The highest BCUT2D eigenvalue weighted by Crippen LogP contribution is 2.32. The van der Waals surface area contributed by atoms with E-state index in [1.165, 1.54) is 16.7 Å². The predicted molar refractivity (Wildman–Crippen MR) is 99.9 cm³/mol. The predicted octanol–water partition coefficient (Wildman–Crippen LogP) is 4.06. The summed E-state index contributed by atoms with van der Waals surface area (Å²) in [6, 6.07) is 19.3. The summed E-state index contributed by atoms with van der Waals surface area (Å²) in [5.41, 5.74) is 3.86. The van der Waals surface area contributed by atoms with Crippen molar-refractivity contribution in [3.8, 4) is 0 Å². The molecule has 4 atom stereocenters. The van der Waals surface area contributed by atoms with Gasteiger partial charge in [0.25, 0.3) is 0 Å². The fourth-order valence-corrected chi connectivity index (χ4v) is 3.63. The Bertz CT molecular complexity index is 667. The van der Waals surface area contributed by atoms with Gasteiger partial charge in [-0.3, -0.25) is 0 Å². The number of hydrogen-bond donors (Lipinski definition) is 2. The maximum atomic E-state index is 10.5. The van der Waals surface area contributed by atoms with Gasteiger partial charge in [-0.1, -0.05) is 67.6 Å². The molecule has 0 aromatic heterocycles. The molecular weight excluding hydrogens is 294 g/mol. The van der Waals surface area contributed by atoms with E-state index in [2.05, 4.69) is 67.4 Å². The molecule has 0 spiro atoms. The van der Waals surface area contributed by atoms with Crippen LogP contribution in [0.1, 0.15) is 36.1 Å². The van der Waals surface area contributed by atoms with Gasteiger partial charge in [-0.25, -0.2) is 0 Å². The maximum absolute atomic E-state index is 10.5. The van der Waals surface area contributed by atoms with Crippen LogP contribution in [-0.2, 0) is 12.8 Å². The van der Waals surface area contributed by atoms with Crippen LogP contribution in [0, 0.1) is 5.92 Å². The van der Waals surface area contributed by atoms with E-state index in [1.807, 2.05) is 12.1 Å². The summed E-state index contributed by atoms with van der Waals surface area (Å²) >= 11 is 0. The number of rotatable bonds is 7. The van der Waals surface area contributed by atoms with Crippen LogP contribution in [0.15, 0.2) is 67.3 Å². The van der Waals surface area contributed by atoms with Crippen molar-refractivity contribution in [2.24, 2.45) is 5.92 Å². The second-order valence-electron chi connectivity index (χ2n) is 6.84. The molecule has 2 N–H and O–H groups in total. The van der Waals surface area contributed by atoms with Gasteiger partial charge < -0.3 is 10.4 Å². The molecule has 3 rings (SSSR count). The minimum atomic E-state index is -0.348. The van der Waals surface area contributed by atoms with Crippen LogP contribution in [0.2, 0.25) is 0 Å². The molecular formula is C22H27NO. The van der Waals surface area contributed by atoms with E-state index in [0.29, 0.717) is 12.0 Å². The first-order chi connectivity index (χ1) is 11.7. The average Bonchev–Trinajstić information content (AvgIpc) is 2.94. The van der Waals surface area contributed by atoms with E-state index in [-0.39, 0.29) is 12.1 Å². The summed E-state index contributed by atoms with van der Waals surface area (Å²) in [6.45, 7) is 6.17. The summed E-state index contributed by atoms with van der Waals surface area (Å²) in [4.78, 5) is 0. The molecule has 1 aliphatic carbocycles. The molecule has 0 radical (unpaired) electrons. The molecule has 0 saturated carbocycles. The number of aliphatic hydroxyl groups is 1. The fourth-order valence-electron chi connectivity index (χ4n) is 3.63. The third-order valence-electron chi connectivity index (χ3n) is 5.19. The Hall–Kier alpha value is -1.90. The standard InChI is InChI=1S/C22H27NO/c1-3-16(2)20(14-13-17-9-5-4-6-10-17)23-22-19-12-8-7-11-18(19)15-21(22)24/h3-12,16,20-24H,1,13-15H2,2H3/t16-,20-,21-,22+/m0/s1. The molecule has 0 saturated heterocycles. The summed E-state index contributed by atoms with van der Waals surface area (Å²) in [6.07, 6.45) is 4.46. The normalized spacial score (nSPS) is 21.9. The molecule has 0 amide bonds. The zero-order chi connectivity index (χ0) is 16.9. The number of fused-ring (bicyclic) bond motifs is 1. The molecule has 0 bridgehead atoms. The van der Waals surface area contributed by atoms with Crippen LogP contribution >= 0.6 is 0 Å². The van der Waals surface area contributed by atoms with Gasteiger partial charge in [0.05, 0.1) is 12.1 Å². The quantitative estimate of drug-likeness (QED) is 0.754. The largest absolute Gasteiger partial charge is 0.391 e. The highest BCUT2D eigenvalue weighted by atomic mass is 16.3. The summed E-state index contributed by atoms with van der Waals surface area (Å²) in [5.74, 6) is 0.355. The highest BCUT2D eigenvalue weighted by molar-refractivity contribution is 5.36. The minimum Gasteiger partial charge on any atom is -0.391 e. The molecule has 2 nitrogen and oxygen atoms in total. The second kappa shape index (κ2) is 7.78. The SMILES string of the molecule is C=C[C@H](C)[C@H](CCc1ccccc1)N[C@@H]1c2ccccc2C[C@@H]1O. The van der Waals surface area contributed by atoms with E-state index in [0.717, 1.165) is 19.3 Å². The fraction of sp³-hybridized carbons (Fsp3) is 0.364. The molecule has 0 fully saturated rings. The monoisotopic (exact) mass is 321 g/mol. The van der Waals surface area contributed by atoms with Gasteiger partial charge in [0, 0.05) is 12.5 Å². The Labute approximate surface area is 145 Å². The zero-order valence-corrected chi connectivity index (χ0v) is 14.4. The first-order valence-electron chi connectivity index (χ1n) is 8.87. The zero-order valence-electron chi connectivity index (χ0n) is 14.4. The van der Waals surface area contributed by atoms with Crippen LogP contribution in [0.25, 0.3) is 0 Å². The van der Waals surface area contributed by atoms with Crippen LogP contribution in [0.4, 0.5) is 0 Å². The molecule has 2 aromatic carbocycles. The molecule has 0 unspecified atom stereocenters. The summed E-state index contributed by atoms with van der Waals surface area (Å²) < 4.78 is 0. The van der Waals surface area contributed by atoms with Crippen LogP contribution in [-0.4, -0.2) is 17.3 Å². The van der Waals surface area contributed by atoms with Crippen molar-refractivity contribution < 1.29 is 5.11 Å². The van der Waals surface area contributed by atoms with E-state index in [1.54, 1.807) is 0 Å². The first kappa shape index (κ1) is 16.9. The van der Waals surface area contributed by atoms with Gasteiger partial charge >= 0.3 is 0 Å². The summed E-state index contributed by atoms with van der Waals surface area (Å²) in [7, 11) is 0. The maximum Gasteiger partial charge on any atom is 0.0775 e. The topological polar surface area (TPSA) is 32.3 Å². The Morgan fingerprint density at radius 2 is 1.88 bits per heavy atom. The molecule has 24 heavy (non-hydrogen) atoms. The van der Waals surface area contributed by atoms with Crippen molar-refractivity contribution in [3.05, 3.63) is 83.9 Å². The Morgan fingerprint density at radius 3 is 2.62 bits per heavy atom. The average molecular weight is 321 g/mol. The molecule has 2 heteroatoms. The lowest BCUT2D eigenvalue weighted by Crippen LogP contribution is -2.40. The van der Waals surface area contributed by atoms with Crippen molar-refractivity contribution in [3.63, 3.8) is 0 Å². The lowest BCUT2D eigenvalue weighted by molar-refractivity contribution is 0.130. The Kier molecular flexibility index (Phi) is 5.49. The number of nitrogens with one attached hydrogen (secondary N) is 1. The van der Waals surface area contributed by atoms with Crippen molar-refractivity contribution in [1.82, 2.24) is 5.32 Å². The number of aryl methyl sites for hydroxylation is 1.